The zero-order valence-electron chi connectivity index (χ0n) is 14.0. The summed E-state index contributed by atoms with van der Waals surface area (Å²) in [4.78, 5) is 11.4. The number of phenolic OH excluding ortho intramolecular Hbond substituents is 1. The van der Waals surface area contributed by atoms with Crippen LogP contribution in [-0.4, -0.2) is 11.4 Å². The molecule has 0 aromatic heterocycles. The highest BCUT2D eigenvalue weighted by Gasteiger charge is 2.29. The highest BCUT2D eigenvalue weighted by atomic mass is 16.3. The molecule has 2 aromatic rings. The van der Waals surface area contributed by atoms with Crippen LogP contribution >= 0.6 is 0 Å². The second kappa shape index (κ2) is 5.60. The van der Waals surface area contributed by atoms with Crippen molar-refractivity contribution < 1.29 is 9.90 Å². The Labute approximate surface area is 132 Å². The smallest absolute Gasteiger partial charge is 0.153 e. The second-order valence-corrected chi connectivity index (χ2v) is 7.32. The summed E-state index contributed by atoms with van der Waals surface area (Å²) >= 11 is 0. The van der Waals surface area contributed by atoms with E-state index in [2.05, 4.69) is 34.6 Å². The Morgan fingerprint density at radius 3 is 2.00 bits per heavy atom. The van der Waals surface area contributed by atoms with Gasteiger partial charge in [-0.25, -0.2) is 0 Å². The number of benzene rings is 2. The summed E-state index contributed by atoms with van der Waals surface area (Å²) in [5.41, 5.74) is 2.82. The van der Waals surface area contributed by atoms with Gasteiger partial charge in [-0.3, -0.25) is 4.79 Å². The molecule has 0 aliphatic heterocycles. The van der Waals surface area contributed by atoms with Crippen molar-refractivity contribution in [2.24, 2.45) is 0 Å². The van der Waals surface area contributed by atoms with Crippen molar-refractivity contribution >= 4 is 6.29 Å². The molecule has 0 atom stereocenters. The van der Waals surface area contributed by atoms with Crippen LogP contribution in [0, 0.1) is 0 Å². The maximum Gasteiger partial charge on any atom is 0.153 e. The van der Waals surface area contributed by atoms with E-state index in [1.165, 1.54) is 0 Å². The van der Waals surface area contributed by atoms with Gasteiger partial charge in [-0.05, 0) is 22.6 Å². The van der Waals surface area contributed by atoms with Crippen molar-refractivity contribution in [2.45, 2.75) is 45.4 Å². The zero-order chi connectivity index (χ0) is 16.5. The Balaban J connectivity index is 2.71. The molecule has 2 heteroatoms. The fourth-order valence-corrected chi connectivity index (χ4v) is 2.67. The largest absolute Gasteiger partial charge is 0.507 e. The first kappa shape index (κ1) is 16.3. The summed E-state index contributed by atoms with van der Waals surface area (Å²) in [6, 6.07) is 13.8. The van der Waals surface area contributed by atoms with E-state index < -0.39 is 0 Å². The molecule has 0 aliphatic rings. The molecule has 0 heterocycles. The highest BCUT2D eigenvalue weighted by molar-refractivity contribution is 5.81. The van der Waals surface area contributed by atoms with Crippen LogP contribution in [0.25, 0.3) is 0 Å². The molecule has 0 saturated heterocycles. The lowest BCUT2D eigenvalue weighted by molar-refractivity contribution is 0.112. The first-order valence-electron chi connectivity index (χ1n) is 7.56. The lowest BCUT2D eigenvalue weighted by Crippen LogP contribution is -2.21. The normalized spacial score (nSPS) is 12.2. The van der Waals surface area contributed by atoms with E-state index in [1.807, 2.05) is 36.4 Å². The minimum absolute atomic E-state index is 0.0804. The lowest BCUT2D eigenvalue weighted by Gasteiger charge is -2.30. The van der Waals surface area contributed by atoms with Crippen LogP contribution in [0.4, 0.5) is 0 Å². The van der Waals surface area contributed by atoms with E-state index in [0.29, 0.717) is 5.56 Å². The standard InChI is InChI=1S/C20H24O2/c1-19(2,3)16-11-14(13-21)18(22)17(12-16)20(4,5)15-9-7-6-8-10-15/h6-13,22H,1-5H3. The number of aldehydes is 1. The summed E-state index contributed by atoms with van der Waals surface area (Å²) in [5, 5.41) is 10.5. The third-order valence-electron chi connectivity index (χ3n) is 4.30. The quantitative estimate of drug-likeness (QED) is 0.824. The maximum atomic E-state index is 11.4. The molecule has 22 heavy (non-hydrogen) atoms. The summed E-state index contributed by atoms with van der Waals surface area (Å²) in [5.74, 6) is 0.0804. The van der Waals surface area contributed by atoms with E-state index in [9.17, 15) is 9.90 Å². The van der Waals surface area contributed by atoms with E-state index in [-0.39, 0.29) is 16.6 Å². The number of phenols is 1. The number of aromatic hydroxyl groups is 1. The van der Waals surface area contributed by atoms with Gasteiger partial charge in [0.2, 0.25) is 0 Å². The summed E-state index contributed by atoms with van der Waals surface area (Å²) in [6.45, 7) is 10.4. The van der Waals surface area contributed by atoms with Crippen molar-refractivity contribution in [1.82, 2.24) is 0 Å². The van der Waals surface area contributed by atoms with Crippen LogP contribution in [0.2, 0.25) is 0 Å². The lowest BCUT2D eigenvalue weighted by atomic mass is 9.74. The number of carbonyl (C=O) groups excluding carboxylic acids is 1. The van der Waals surface area contributed by atoms with Gasteiger partial charge in [0.05, 0.1) is 5.56 Å². The topological polar surface area (TPSA) is 37.3 Å². The average Bonchev–Trinajstić information content (AvgIpc) is 2.47. The van der Waals surface area contributed by atoms with E-state index >= 15 is 0 Å². The molecular formula is C20H24O2. The Morgan fingerprint density at radius 1 is 0.909 bits per heavy atom. The van der Waals surface area contributed by atoms with Crippen LogP contribution in [0.3, 0.4) is 0 Å². The molecule has 2 aromatic carbocycles. The van der Waals surface area contributed by atoms with Crippen LogP contribution in [0.15, 0.2) is 42.5 Å². The molecule has 0 fully saturated rings. The molecule has 0 bridgehead atoms. The number of rotatable bonds is 3. The first-order valence-corrected chi connectivity index (χ1v) is 7.56. The fraction of sp³-hybridized carbons (Fsp3) is 0.350. The summed E-state index contributed by atoms with van der Waals surface area (Å²) < 4.78 is 0. The van der Waals surface area contributed by atoms with Crippen LogP contribution < -0.4 is 0 Å². The van der Waals surface area contributed by atoms with E-state index in [4.69, 9.17) is 0 Å². The summed E-state index contributed by atoms with van der Waals surface area (Å²) in [6.07, 6.45) is 0.731. The molecule has 116 valence electrons. The number of hydrogen-bond donors (Lipinski definition) is 1. The molecule has 1 N–H and O–H groups in total. The first-order chi connectivity index (χ1) is 10.2. The maximum absolute atomic E-state index is 11.4. The predicted octanol–water partition coefficient (Wildman–Crippen LogP) is 4.83. The molecular weight excluding hydrogens is 272 g/mol. The van der Waals surface area contributed by atoms with Crippen LogP contribution in [0.1, 0.15) is 61.7 Å². The van der Waals surface area contributed by atoms with Gasteiger partial charge >= 0.3 is 0 Å². The minimum Gasteiger partial charge on any atom is -0.507 e. The molecule has 0 amide bonds. The van der Waals surface area contributed by atoms with Gasteiger partial charge in [0, 0.05) is 11.0 Å². The van der Waals surface area contributed by atoms with Crippen molar-refractivity contribution in [3.63, 3.8) is 0 Å². The van der Waals surface area contributed by atoms with Crippen LogP contribution in [-0.2, 0) is 10.8 Å². The van der Waals surface area contributed by atoms with Crippen molar-refractivity contribution in [1.29, 1.82) is 0 Å². The van der Waals surface area contributed by atoms with Gasteiger partial charge in [-0.2, -0.15) is 0 Å². The Hall–Kier alpha value is -2.09. The van der Waals surface area contributed by atoms with Gasteiger partial charge in [0.1, 0.15) is 5.75 Å². The minimum atomic E-state index is -0.385. The molecule has 2 rings (SSSR count). The van der Waals surface area contributed by atoms with Gasteiger partial charge in [-0.1, -0.05) is 71.0 Å². The molecule has 0 unspecified atom stereocenters. The van der Waals surface area contributed by atoms with Crippen molar-refractivity contribution in [2.75, 3.05) is 0 Å². The van der Waals surface area contributed by atoms with Gasteiger partial charge in [-0.15, -0.1) is 0 Å². The SMILES string of the molecule is CC(C)(C)c1cc(C=O)c(O)c(C(C)(C)c2ccccc2)c1. The van der Waals surface area contributed by atoms with Gasteiger partial charge < -0.3 is 5.11 Å². The zero-order valence-corrected chi connectivity index (χ0v) is 14.0. The molecule has 0 radical (unpaired) electrons. The average molecular weight is 296 g/mol. The molecule has 0 aliphatic carbocycles. The Bertz CT molecular complexity index is 677. The van der Waals surface area contributed by atoms with E-state index in [0.717, 1.165) is 23.0 Å². The molecule has 0 saturated carbocycles. The fourth-order valence-electron chi connectivity index (χ4n) is 2.67. The van der Waals surface area contributed by atoms with Gasteiger partial charge in [0.25, 0.3) is 0 Å². The van der Waals surface area contributed by atoms with Crippen molar-refractivity contribution in [3.8, 4) is 5.75 Å². The predicted molar refractivity (Wildman–Crippen MR) is 90.8 cm³/mol. The Kier molecular flexibility index (Phi) is 4.15. The van der Waals surface area contributed by atoms with Crippen molar-refractivity contribution in [3.05, 3.63) is 64.7 Å². The third kappa shape index (κ3) is 2.92. The van der Waals surface area contributed by atoms with Gasteiger partial charge in [0.15, 0.2) is 6.29 Å². The molecule has 2 nitrogen and oxygen atoms in total. The Morgan fingerprint density at radius 2 is 1.50 bits per heavy atom. The highest BCUT2D eigenvalue weighted by Crippen LogP contribution is 2.40. The number of carbonyl (C=O) groups is 1. The molecule has 0 spiro atoms. The van der Waals surface area contributed by atoms with E-state index in [1.54, 1.807) is 6.07 Å². The second-order valence-electron chi connectivity index (χ2n) is 7.32. The third-order valence-corrected chi connectivity index (χ3v) is 4.30. The summed E-state index contributed by atoms with van der Waals surface area (Å²) in [7, 11) is 0. The monoisotopic (exact) mass is 296 g/mol. The number of hydrogen-bond acceptors (Lipinski definition) is 2. The van der Waals surface area contributed by atoms with Crippen LogP contribution in [0.5, 0.6) is 5.75 Å².